The van der Waals surface area contributed by atoms with Gasteiger partial charge >= 0.3 is 0 Å². The lowest BCUT2D eigenvalue weighted by molar-refractivity contribution is -0.130. The number of sulfonamides is 1. The van der Waals surface area contributed by atoms with Crippen LogP contribution in [0.4, 0.5) is 0 Å². The van der Waals surface area contributed by atoms with E-state index in [9.17, 15) is 13.2 Å². The SMILES string of the molecule is Cc1cccc(OCCN(C)C(=O)CN(C)S(=O)(=O)c2ccc(C)c(C)c2)c1. The highest BCUT2D eigenvalue weighted by Crippen LogP contribution is 2.18. The lowest BCUT2D eigenvalue weighted by atomic mass is 10.1. The van der Waals surface area contributed by atoms with E-state index >= 15 is 0 Å². The van der Waals surface area contributed by atoms with E-state index < -0.39 is 10.0 Å². The largest absolute Gasteiger partial charge is 0.492 e. The van der Waals surface area contributed by atoms with Crippen molar-refractivity contribution in [3.63, 3.8) is 0 Å². The van der Waals surface area contributed by atoms with Gasteiger partial charge in [-0.1, -0.05) is 18.2 Å². The zero-order chi connectivity index (χ0) is 20.9. The molecule has 0 heterocycles. The number of hydrogen-bond donors (Lipinski definition) is 0. The van der Waals surface area contributed by atoms with Crippen molar-refractivity contribution in [2.45, 2.75) is 25.7 Å². The number of amides is 1. The van der Waals surface area contributed by atoms with Crippen LogP contribution in [0, 0.1) is 20.8 Å². The van der Waals surface area contributed by atoms with Crippen LogP contribution in [0.5, 0.6) is 5.75 Å². The molecule has 152 valence electrons. The zero-order valence-electron chi connectivity index (χ0n) is 17.1. The van der Waals surface area contributed by atoms with Gasteiger partial charge in [-0.15, -0.1) is 0 Å². The first-order valence-electron chi connectivity index (χ1n) is 9.08. The number of nitrogens with zero attached hydrogens (tertiary/aromatic N) is 2. The molecule has 2 rings (SSSR count). The predicted molar refractivity (Wildman–Crippen MR) is 110 cm³/mol. The third-order valence-corrected chi connectivity index (χ3v) is 6.45. The average Bonchev–Trinajstić information content (AvgIpc) is 2.63. The molecule has 0 saturated heterocycles. The maximum absolute atomic E-state index is 12.7. The fourth-order valence-corrected chi connectivity index (χ4v) is 3.79. The summed E-state index contributed by atoms with van der Waals surface area (Å²) >= 11 is 0. The summed E-state index contributed by atoms with van der Waals surface area (Å²) in [5.41, 5.74) is 3.01. The minimum Gasteiger partial charge on any atom is -0.492 e. The lowest BCUT2D eigenvalue weighted by Crippen LogP contribution is -2.40. The number of benzene rings is 2. The summed E-state index contributed by atoms with van der Waals surface area (Å²) in [4.78, 5) is 14.1. The molecule has 2 aromatic carbocycles. The van der Waals surface area contributed by atoms with Crippen LogP contribution in [0.25, 0.3) is 0 Å². The minimum atomic E-state index is -3.72. The third-order valence-electron chi connectivity index (χ3n) is 4.66. The van der Waals surface area contributed by atoms with Crippen LogP contribution in [0.2, 0.25) is 0 Å². The second-order valence-corrected chi connectivity index (χ2v) is 9.03. The smallest absolute Gasteiger partial charge is 0.243 e. The Hall–Kier alpha value is -2.38. The molecule has 28 heavy (non-hydrogen) atoms. The Morgan fingerprint density at radius 2 is 1.71 bits per heavy atom. The highest BCUT2D eigenvalue weighted by Gasteiger charge is 2.24. The van der Waals surface area contributed by atoms with E-state index in [0.717, 1.165) is 26.7 Å². The van der Waals surface area contributed by atoms with Crippen LogP contribution in [0.1, 0.15) is 16.7 Å². The molecule has 0 radical (unpaired) electrons. The molecular formula is C21H28N2O4S. The molecule has 0 unspecified atom stereocenters. The molecule has 0 aliphatic rings. The van der Waals surface area contributed by atoms with E-state index in [2.05, 4.69) is 0 Å². The zero-order valence-corrected chi connectivity index (χ0v) is 17.9. The Labute approximate surface area is 167 Å². The molecule has 0 spiro atoms. The average molecular weight is 405 g/mol. The maximum atomic E-state index is 12.7. The van der Waals surface area contributed by atoms with Gasteiger partial charge in [0.1, 0.15) is 12.4 Å². The van der Waals surface area contributed by atoms with E-state index in [1.54, 1.807) is 25.2 Å². The Bertz CT molecular complexity index is 941. The van der Waals surface area contributed by atoms with Gasteiger partial charge in [-0.05, 0) is 61.7 Å². The molecular weight excluding hydrogens is 376 g/mol. The van der Waals surface area contributed by atoms with Gasteiger partial charge in [0.05, 0.1) is 18.0 Å². The molecule has 0 aliphatic carbocycles. The van der Waals surface area contributed by atoms with Crippen LogP contribution in [-0.4, -0.2) is 57.3 Å². The molecule has 1 amide bonds. The molecule has 0 saturated carbocycles. The highest BCUT2D eigenvalue weighted by atomic mass is 32.2. The van der Waals surface area contributed by atoms with Gasteiger partial charge in [0.15, 0.2) is 0 Å². The summed E-state index contributed by atoms with van der Waals surface area (Å²) in [6.07, 6.45) is 0. The minimum absolute atomic E-state index is 0.191. The molecule has 6 nitrogen and oxygen atoms in total. The summed E-state index contributed by atoms with van der Waals surface area (Å²) in [5, 5.41) is 0. The number of carbonyl (C=O) groups excluding carboxylic acids is 1. The van der Waals surface area contributed by atoms with Crippen molar-refractivity contribution in [3.05, 3.63) is 59.2 Å². The molecule has 7 heteroatoms. The Morgan fingerprint density at radius 3 is 2.36 bits per heavy atom. The Morgan fingerprint density at radius 1 is 1.00 bits per heavy atom. The third kappa shape index (κ3) is 5.56. The van der Waals surface area contributed by atoms with Gasteiger partial charge in [0.2, 0.25) is 15.9 Å². The Balaban J connectivity index is 1.92. The van der Waals surface area contributed by atoms with Gasteiger partial charge in [-0.3, -0.25) is 4.79 Å². The van der Waals surface area contributed by atoms with E-state index in [-0.39, 0.29) is 17.3 Å². The predicted octanol–water partition coefficient (Wildman–Crippen LogP) is 2.77. The van der Waals surface area contributed by atoms with E-state index in [1.165, 1.54) is 11.9 Å². The van der Waals surface area contributed by atoms with Crippen molar-refractivity contribution in [3.8, 4) is 5.75 Å². The van der Waals surface area contributed by atoms with Crippen LogP contribution >= 0.6 is 0 Å². The molecule has 2 aromatic rings. The van der Waals surface area contributed by atoms with E-state index in [1.807, 2.05) is 45.0 Å². The molecule has 0 bridgehead atoms. The first-order valence-corrected chi connectivity index (χ1v) is 10.5. The van der Waals surface area contributed by atoms with Gasteiger partial charge in [-0.25, -0.2) is 8.42 Å². The van der Waals surface area contributed by atoms with Crippen LogP contribution in [0.3, 0.4) is 0 Å². The van der Waals surface area contributed by atoms with Gasteiger partial charge < -0.3 is 9.64 Å². The maximum Gasteiger partial charge on any atom is 0.243 e. The van der Waals surface area contributed by atoms with Crippen LogP contribution in [0.15, 0.2) is 47.4 Å². The van der Waals surface area contributed by atoms with Crippen LogP contribution < -0.4 is 4.74 Å². The topological polar surface area (TPSA) is 66.9 Å². The number of hydrogen-bond acceptors (Lipinski definition) is 4. The summed E-state index contributed by atoms with van der Waals surface area (Å²) in [7, 11) is -0.667. The van der Waals surface area contributed by atoms with E-state index in [0.29, 0.717) is 13.2 Å². The highest BCUT2D eigenvalue weighted by molar-refractivity contribution is 7.89. The monoisotopic (exact) mass is 404 g/mol. The van der Waals surface area contributed by atoms with Crippen molar-refractivity contribution in [1.82, 2.24) is 9.21 Å². The number of aryl methyl sites for hydroxylation is 3. The normalized spacial score (nSPS) is 11.5. The van der Waals surface area contributed by atoms with Crippen molar-refractivity contribution in [2.75, 3.05) is 33.8 Å². The second kappa shape index (κ2) is 9.21. The number of likely N-dealkylation sites (N-methyl/N-ethyl adjacent to an activating group) is 2. The molecule has 0 N–H and O–H groups in total. The second-order valence-electron chi connectivity index (χ2n) is 6.99. The number of rotatable bonds is 8. The number of ether oxygens (including phenoxy) is 1. The fourth-order valence-electron chi connectivity index (χ4n) is 2.58. The first kappa shape index (κ1) is 21.9. The van der Waals surface area contributed by atoms with Crippen molar-refractivity contribution < 1.29 is 17.9 Å². The first-order chi connectivity index (χ1) is 13.1. The van der Waals surface area contributed by atoms with Crippen molar-refractivity contribution in [1.29, 1.82) is 0 Å². The van der Waals surface area contributed by atoms with Crippen LogP contribution in [-0.2, 0) is 14.8 Å². The molecule has 0 aromatic heterocycles. The fraction of sp³-hybridized carbons (Fsp3) is 0.381. The van der Waals surface area contributed by atoms with Gasteiger partial charge in [0, 0.05) is 14.1 Å². The quantitative estimate of drug-likeness (QED) is 0.679. The summed E-state index contributed by atoms with van der Waals surface area (Å²) in [5.74, 6) is 0.457. The summed E-state index contributed by atoms with van der Waals surface area (Å²) in [6.45, 7) is 6.24. The number of carbonyl (C=O) groups is 1. The van der Waals surface area contributed by atoms with Crippen molar-refractivity contribution >= 4 is 15.9 Å². The molecule has 0 aliphatic heterocycles. The molecule has 0 atom stereocenters. The Kier molecular flexibility index (Phi) is 7.21. The summed E-state index contributed by atoms with van der Waals surface area (Å²) in [6, 6.07) is 12.6. The molecule has 0 fully saturated rings. The van der Waals surface area contributed by atoms with Gasteiger partial charge in [-0.2, -0.15) is 4.31 Å². The standard InChI is InChI=1S/C21H28N2O4S/c1-16-7-6-8-19(13-16)27-12-11-22(4)21(24)15-23(5)28(25,26)20-10-9-17(2)18(3)14-20/h6-10,13-14H,11-12,15H2,1-5H3. The van der Waals surface area contributed by atoms with Gasteiger partial charge in [0.25, 0.3) is 0 Å². The van der Waals surface area contributed by atoms with Crippen molar-refractivity contribution in [2.24, 2.45) is 0 Å². The lowest BCUT2D eigenvalue weighted by Gasteiger charge is -2.22. The summed E-state index contributed by atoms with van der Waals surface area (Å²) < 4.78 is 32.2. The van der Waals surface area contributed by atoms with E-state index in [4.69, 9.17) is 4.74 Å².